The number of sulfonamides is 2. The summed E-state index contributed by atoms with van der Waals surface area (Å²) in [7, 11) is -7.88. The highest BCUT2D eigenvalue weighted by molar-refractivity contribution is 7.91. The Balaban J connectivity index is 1.80. The van der Waals surface area contributed by atoms with Crippen molar-refractivity contribution < 1.29 is 31.1 Å². The molecular weight excluding hydrogens is 509 g/mol. The Hall–Kier alpha value is -3.09. The molecule has 2 aromatic carbocycles. The molecule has 36 heavy (non-hydrogen) atoms. The molecular formula is C24H26FN3O6S2. The molecule has 0 spiro atoms. The van der Waals surface area contributed by atoms with Crippen LogP contribution in [-0.4, -0.2) is 50.8 Å². The lowest BCUT2D eigenvalue weighted by atomic mass is 9.84. The Morgan fingerprint density at radius 2 is 1.78 bits per heavy atom. The Bertz CT molecular complexity index is 1520. The van der Waals surface area contributed by atoms with Crippen LogP contribution in [0.2, 0.25) is 0 Å². The van der Waals surface area contributed by atoms with Crippen molar-refractivity contribution in [1.82, 2.24) is 9.62 Å². The van der Waals surface area contributed by atoms with E-state index in [0.717, 1.165) is 6.26 Å². The molecule has 2 aliphatic heterocycles. The van der Waals surface area contributed by atoms with Crippen LogP contribution >= 0.6 is 0 Å². The molecule has 2 heterocycles. The van der Waals surface area contributed by atoms with Crippen molar-refractivity contribution in [1.29, 1.82) is 0 Å². The van der Waals surface area contributed by atoms with Crippen LogP contribution in [0.1, 0.15) is 37.5 Å². The summed E-state index contributed by atoms with van der Waals surface area (Å²) >= 11 is 0. The fourth-order valence-electron chi connectivity index (χ4n) is 4.52. The lowest BCUT2D eigenvalue weighted by Gasteiger charge is -2.35. The van der Waals surface area contributed by atoms with Gasteiger partial charge in [0.25, 0.3) is 15.9 Å². The predicted octanol–water partition coefficient (Wildman–Crippen LogP) is 2.64. The maximum atomic E-state index is 13.7. The zero-order chi connectivity index (χ0) is 26.6. The topological polar surface area (TPSA) is 133 Å². The van der Waals surface area contributed by atoms with Gasteiger partial charge in [-0.15, -0.1) is 0 Å². The number of hydrogen-bond donors (Lipinski definition) is 2. The van der Waals surface area contributed by atoms with E-state index in [1.54, 1.807) is 0 Å². The van der Waals surface area contributed by atoms with Gasteiger partial charge in [-0.25, -0.2) is 17.5 Å². The lowest BCUT2D eigenvalue weighted by Crippen LogP contribution is -2.43. The van der Waals surface area contributed by atoms with Crippen LogP contribution < -0.4 is 4.72 Å². The first-order valence-electron chi connectivity index (χ1n) is 11.0. The number of aliphatic hydroxyl groups excluding tert-OH is 1. The Kier molecular flexibility index (Phi) is 6.34. The molecule has 192 valence electrons. The number of amides is 1. The van der Waals surface area contributed by atoms with Crippen LogP contribution in [0.4, 0.5) is 4.39 Å². The molecule has 0 saturated carbocycles. The van der Waals surface area contributed by atoms with Gasteiger partial charge in [-0.3, -0.25) is 4.79 Å². The minimum atomic E-state index is -4.28. The SMILES string of the molecule is CC(C)(C)[C@H]1C(O)=C(C2=NS(=O)(=O)c3c(CNS(C)(=O)=O)cccc32)C(=O)N1Cc1ccc(F)cc1. The number of aliphatic hydroxyl groups is 1. The molecule has 9 nitrogen and oxygen atoms in total. The molecule has 1 amide bonds. The van der Waals surface area contributed by atoms with Gasteiger partial charge in [0.2, 0.25) is 10.0 Å². The zero-order valence-corrected chi connectivity index (χ0v) is 21.7. The standard InChI is InChI=1S/C24H26FN3O6S2/c1-24(2,3)22-20(29)18(23(30)28(22)13-14-8-10-16(25)11-9-14)19-17-7-5-6-15(12-26-35(4,31)32)21(17)36(33,34)27-19/h5-11,22,26,29H,12-13H2,1-4H3/t22-/m1/s1. The normalized spacial score (nSPS) is 19.6. The van der Waals surface area contributed by atoms with E-state index in [2.05, 4.69) is 9.12 Å². The van der Waals surface area contributed by atoms with Gasteiger partial charge >= 0.3 is 0 Å². The largest absolute Gasteiger partial charge is 0.509 e. The smallest absolute Gasteiger partial charge is 0.283 e. The third-order valence-electron chi connectivity index (χ3n) is 5.97. The molecule has 2 N–H and O–H groups in total. The number of carbonyl (C=O) groups is 1. The number of fused-ring (bicyclic) bond motifs is 1. The highest BCUT2D eigenvalue weighted by Crippen LogP contribution is 2.41. The Morgan fingerprint density at radius 3 is 2.36 bits per heavy atom. The van der Waals surface area contributed by atoms with Gasteiger partial charge in [0.15, 0.2) is 0 Å². The van der Waals surface area contributed by atoms with E-state index in [1.165, 1.54) is 47.4 Å². The van der Waals surface area contributed by atoms with Crippen molar-refractivity contribution in [2.75, 3.05) is 6.26 Å². The third kappa shape index (κ3) is 4.80. The number of nitrogens with one attached hydrogen (secondary N) is 1. The van der Waals surface area contributed by atoms with Gasteiger partial charge in [-0.1, -0.05) is 51.1 Å². The van der Waals surface area contributed by atoms with Crippen LogP contribution in [0.3, 0.4) is 0 Å². The number of carbonyl (C=O) groups excluding carboxylic acids is 1. The van der Waals surface area contributed by atoms with Gasteiger partial charge in [0, 0.05) is 18.7 Å². The van der Waals surface area contributed by atoms with E-state index in [9.17, 15) is 31.1 Å². The predicted molar refractivity (Wildman–Crippen MR) is 132 cm³/mol. The summed E-state index contributed by atoms with van der Waals surface area (Å²) < 4.78 is 68.7. The van der Waals surface area contributed by atoms with Gasteiger partial charge in [0.05, 0.1) is 12.3 Å². The molecule has 0 saturated heterocycles. The summed E-state index contributed by atoms with van der Waals surface area (Å²) in [4.78, 5) is 14.9. The first kappa shape index (κ1) is 26.0. The van der Waals surface area contributed by atoms with Crippen LogP contribution in [0, 0.1) is 11.2 Å². The summed E-state index contributed by atoms with van der Waals surface area (Å²) in [6.07, 6.45) is 0.953. The summed E-state index contributed by atoms with van der Waals surface area (Å²) in [6.45, 7) is 5.26. The molecule has 2 aliphatic rings. The molecule has 0 aromatic heterocycles. The van der Waals surface area contributed by atoms with Crippen LogP contribution in [0.5, 0.6) is 0 Å². The number of halogens is 1. The number of rotatable bonds is 6. The second-order valence-electron chi connectivity index (χ2n) is 9.89. The van der Waals surface area contributed by atoms with E-state index in [1.807, 2.05) is 20.8 Å². The zero-order valence-electron chi connectivity index (χ0n) is 20.1. The number of benzene rings is 2. The minimum absolute atomic E-state index is 0.0554. The first-order valence-corrected chi connectivity index (χ1v) is 14.3. The second kappa shape index (κ2) is 8.79. The molecule has 0 aliphatic carbocycles. The molecule has 0 radical (unpaired) electrons. The van der Waals surface area contributed by atoms with E-state index < -0.39 is 43.2 Å². The van der Waals surface area contributed by atoms with Crippen LogP contribution in [0.25, 0.3) is 0 Å². The Labute approximate surface area is 209 Å². The number of nitrogens with zero attached hydrogens (tertiary/aromatic N) is 2. The van der Waals surface area contributed by atoms with E-state index >= 15 is 0 Å². The van der Waals surface area contributed by atoms with E-state index in [-0.39, 0.29) is 46.2 Å². The minimum Gasteiger partial charge on any atom is -0.509 e. The first-order chi connectivity index (χ1) is 16.6. The van der Waals surface area contributed by atoms with Gasteiger partial charge < -0.3 is 10.0 Å². The van der Waals surface area contributed by atoms with Crippen LogP contribution in [-0.2, 0) is 37.9 Å². The van der Waals surface area contributed by atoms with Crippen molar-refractivity contribution in [3.8, 4) is 0 Å². The molecule has 4 rings (SSSR count). The monoisotopic (exact) mass is 535 g/mol. The third-order valence-corrected chi connectivity index (χ3v) is 8.06. The quantitative estimate of drug-likeness (QED) is 0.584. The van der Waals surface area contributed by atoms with Crippen molar-refractivity contribution in [2.45, 2.75) is 44.8 Å². The van der Waals surface area contributed by atoms with Crippen molar-refractivity contribution in [3.05, 3.63) is 76.3 Å². The molecule has 1 atom stereocenters. The fraction of sp³-hybridized carbons (Fsp3) is 0.333. The van der Waals surface area contributed by atoms with E-state index in [0.29, 0.717) is 5.56 Å². The van der Waals surface area contributed by atoms with Gasteiger partial charge in [0.1, 0.15) is 27.8 Å². The highest BCUT2D eigenvalue weighted by Gasteiger charge is 2.49. The Morgan fingerprint density at radius 1 is 1.14 bits per heavy atom. The summed E-state index contributed by atoms with van der Waals surface area (Å²) in [5.74, 6) is -1.35. The molecule has 0 fully saturated rings. The summed E-state index contributed by atoms with van der Waals surface area (Å²) in [6, 6.07) is 9.26. The lowest BCUT2D eigenvalue weighted by molar-refractivity contribution is -0.129. The molecule has 2 aromatic rings. The number of hydrogen-bond acceptors (Lipinski definition) is 6. The average molecular weight is 536 g/mol. The highest BCUT2D eigenvalue weighted by atomic mass is 32.2. The summed E-state index contributed by atoms with van der Waals surface area (Å²) in [5, 5.41) is 11.3. The molecule has 0 bridgehead atoms. The fourth-order valence-corrected chi connectivity index (χ4v) is 6.38. The van der Waals surface area contributed by atoms with Gasteiger partial charge in [-0.05, 0) is 28.7 Å². The van der Waals surface area contributed by atoms with Crippen LogP contribution in [0.15, 0.2) is 63.1 Å². The van der Waals surface area contributed by atoms with Crippen molar-refractivity contribution in [3.63, 3.8) is 0 Å². The van der Waals surface area contributed by atoms with Gasteiger partial charge in [-0.2, -0.15) is 12.8 Å². The maximum absolute atomic E-state index is 13.7. The molecule has 0 unspecified atom stereocenters. The van der Waals surface area contributed by atoms with Crippen molar-refractivity contribution >= 4 is 31.7 Å². The second-order valence-corrected chi connectivity index (χ2v) is 13.3. The van der Waals surface area contributed by atoms with Crippen molar-refractivity contribution in [2.24, 2.45) is 9.81 Å². The average Bonchev–Trinajstić information content (AvgIpc) is 3.17. The van der Waals surface area contributed by atoms with E-state index in [4.69, 9.17) is 0 Å². The summed E-state index contributed by atoms with van der Waals surface area (Å²) in [5.41, 5.74) is -0.156. The maximum Gasteiger partial charge on any atom is 0.283 e. The molecule has 12 heteroatoms.